The monoisotopic (exact) mass is 719 g/mol. The number of furan rings is 1. The molecular formula is C45H25N3O3S2. The van der Waals surface area contributed by atoms with Crippen LogP contribution in [0.1, 0.15) is 0 Å². The molecule has 250 valence electrons. The standard InChI is InChI=1S/C45H25N3O3S2/c49-53(50)41-13-7-5-11-33(41)34-19-14-28(25-42(34)53)27-16-20-39-35(22-27)36-23-29(17-21-40(36)52-39)44-46-43(26-8-2-1-3-9-26)47-45(48-44)30-15-18-32-31-10-4-6-12-37(31)51-38(32)24-30/h1-25H. The maximum absolute atomic E-state index is 13.5. The third-order valence-electron chi connectivity index (χ3n) is 10.1. The van der Waals surface area contributed by atoms with Crippen molar-refractivity contribution < 1.29 is 12.8 Å². The molecule has 0 radical (unpaired) electrons. The molecule has 0 amide bonds. The highest BCUT2D eigenvalue weighted by Gasteiger charge is 2.32. The number of thiophene rings is 1. The molecule has 0 atom stereocenters. The van der Waals surface area contributed by atoms with Gasteiger partial charge in [0.05, 0.1) is 9.79 Å². The van der Waals surface area contributed by atoms with Crippen molar-refractivity contribution in [3.63, 3.8) is 0 Å². The van der Waals surface area contributed by atoms with Crippen molar-refractivity contribution in [1.82, 2.24) is 15.0 Å². The quantitative estimate of drug-likeness (QED) is 0.180. The lowest BCUT2D eigenvalue weighted by Crippen LogP contribution is -2.00. The van der Waals surface area contributed by atoms with Crippen molar-refractivity contribution in [1.29, 1.82) is 0 Å². The van der Waals surface area contributed by atoms with Crippen LogP contribution in [0.2, 0.25) is 0 Å². The second-order valence-corrected chi connectivity index (χ2v) is 16.2. The van der Waals surface area contributed by atoms with Gasteiger partial charge >= 0.3 is 0 Å². The van der Waals surface area contributed by atoms with Crippen LogP contribution in [-0.2, 0) is 9.84 Å². The number of benzene rings is 7. The van der Waals surface area contributed by atoms with E-state index in [2.05, 4.69) is 48.5 Å². The van der Waals surface area contributed by atoms with Crippen molar-refractivity contribution in [2.75, 3.05) is 0 Å². The number of aromatic nitrogens is 3. The Bertz CT molecular complexity index is 3260. The Labute approximate surface area is 307 Å². The highest BCUT2D eigenvalue weighted by atomic mass is 32.2. The molecule has 6 nitrogen and oxygen atoms in total. The number of hydrogen-bond donors (Lipinski definition) is 0. The molecule has 0 N–H and O–H groups in total. The van der Waals surface area contributed by atoms with E-state index in [9.17, 15) is 8.42 Å². The predicted molar refractivity (Wildman–Crippen MR) is 213 cm³/mol. The largest absolute Gasteiger partial charge is 0.456 e. The first-order chi connectivity index (χ1) is 26.0. The molecule has 0 unspecified atom stereocenters. The van der Waals surface area contributed by atoms with E-state index in [1.807, 2.05) is 91.0 Å². The number of sulfone groups is 1. The summed E-state index contributed by atoms with van der Waals surface area (Å²) in [4.78, 5) is 15.7. The number of para-hydroxylation sites is 1. The first-order valence-electron chi connectivity index (χ1n) is 17.2. The average Bonchev–Trinajstić information content (AvgIpc) is 3.84. The first-order valence-corrected chi connectivity index (χ1v) is 19.5. The van der Waals surface area contributed by atoms with Crippen LogP contribution >= 0.6 is 11.3 Å². The van der Waals surface area contributed by atoms with Gasteiger partial charge in [-0.1, -0.05) is 91.0 Å². The van der Waals surface area contributed by atoms with Crippen LogP contribution in [0.25, 0.3) is 98.5 Å². The smallest absolute Gasteiger partial charge is 0.207 e. The van der Waals surface area contributed by atoms with Crippen LogP contribution in [0.5, 0.6) is 0 Å². The van der Waals surface area contributed by atoms with Crippen LogP contribution < -0.4 is 0 Å². The zero-order chi connectivity index (χ0) is 35.3. The summed E-state index contributed by atoms with van der Waals surface area (Å²) in [6.45, 7) is 0. The van der Waals surface area contributed by atoms with Gasteiger partial charge in [-0.25, -0.2) is 23.4 Å². The Morgan fingerprint density at radius 3 is 1.79 bits per heavy atom. The predicted octanol–water partition coefficient (Wildman–Crippen LogP) is 11.6. The summed E-state index contributed by atoms with van der Waals surface area (Å²) in [5.74, 6) is 1.71. The van der Waals surface area contributed by atoms with Gasteiger partial charge in [-0.15, -0.1) is 11.3 Å². The number of nitrogens with zero attached hydrogens (tertiary/aromatic N) is 3. The number of rotatable bonds is 4. The van der Waals surface area contributed by atoms with Gasteiger partial charge in [-0.05, 0) is 71.8 Å². The van der Waals surface area contributed by atoms with E-state index in [1.54, 1.807) is 23.5 Å². The normalized spacial score (nSPS) is 13.2. The van der Waals surface area contributed by atoms with Gasteiger partial charge in [-0.2, -0.15) is 0 Å². The van der Waals surface area contributed by atoms with Gasteiger partial charge in [-0.3, -0.25) is 0 Å². The van der Waals surface area contributed by atoms with Crippen LogP contribution in [-0.4, -0.2) is 23.4 Å². The van der Waals surface area contributed by atoms with Gasteiger partial charge in [0.1, 0.15) is 11.2 Å². The highest BCUT2D eigenvalue weighted by Crippen LogP contribution is 2.45. The summed E-state index contributed by atoms with van der Waals surface area (Å²) < 4.78 is 35.5. The topological polar surface area (TPSA) is 86.0 Å². The van der Waals surface area contributed by atoms with Crippen LogP contribution in [0.4, 0.5) is 0 Å². The molecule has 0 saturated carbocycles. The molecule has 8 heteroatoms. The summed E-state index contributed by atoms with van der Waals surface area (Å²) >= 11 is 1.72. The van der Waals surface area contributed by atoms with Crippen LogP contribution in [0, 0.1) is 0 Å². The van der Waals surface area contributed by atoms with Crippen molar-refractivity contribution >= 4 is 63.3 Å². The van der Waals surface area contributed by atoms with Crippen LogP contribution in [0.15, 0.2) is 166 Å². The molecule has 0 spiro atoms. The van der Waals surface area contributed by atoms with E-state index in [0.717, 1.165) is 81.1 Å². The van der Waals surface area contributed by atoms with Crippen LogP contribution in [0.3, 0.4) is 0 Å². The van der Waals surface area contributed by atoms with E-state index >= 15 is 0 Å². The molecule has 11 rings (SSSR count). The molecule has 1 aliphatic rings. The van der Waals surface area contributed by atoms with E-state index < -0.39 is 9.84 Å². The fraction of sp³-hybridized carbons (Fsp3) is 0. The Balaban J connectivity index is 1.04. The lowest BCUT2D eigenvalue weighted by Gasteiger charge is -2.09. The van der Waals surface area contributed by atoms with E-state index in [0.29, 0.717) is 27.3 Å². The highest BCUT2D eigenvalue weighted by molar-refractivity contribution is 7.92. The number of hydrogen-bond acceptors (Lipinski definition) is 7. The summed E-state index contributed by atoms with van der Waals surface area (Å²) in [5.41, 5.74) is 7.53. The zero-order valence-corrected chi connectivity index (χ0v) is 29.4. The SMILES string of the molecule is O=S1(=O)c2ccccc2-c2ccc(-c3ccc4sc5ccc(-c6nc(-c7ccccc7)nc(-c7ccc8c(c7)oc7ccccc78)n6)cc5c4c3)cc21. The molecule has 53 heavy (non-hydrogen) atoms. The lowest BCUT2D eigenvalue weighted by molar-refractivity contribution is 0.598. The second kappa shape index (κ2) is 11.3. The summed E-state index contributed by atoms with van der Waals surface area (Å²) in [6.07, 6.45) is 0. The van der Waals surface area contributed by atoms with E-state index in [1.165, 1.54) is 0 Å². The lowest BCUT2D eigenvalue weighted by atomic mass is 9.99. The van der Waals surface area contributed by atoms with E-state index in [4.69, 9.17) is 19.4 Å². The fourth-order valence-electron chi connectivity index (χ4n) is 7.50. The molecule has 4 heterocycles. The van der Waals surface area contributed by atoms with Crippen molar-refractivity contribution in [2.45, 2.75) is 9.79 Å². The van der Waals surface area contributed by atoms with E-state index in [-0.39, 0.29) is 0 Å². The van der Waals surface area contributed by atoms with Gasteiger partial charge in [0.25, 0.3) is 0 Å². The maximum atomic E-state index is 13.5. The summed E-state index contributed by atoms with van der Waals surface area (Å²) in [7, 11) is -3.58. The molecule has 1 aliphatic heterocycles. The molecule has 0 bridgehead atoms. The van der Waals surface area contributed by atoms with Gasteiger partial charge < -0.3 is 4.42 Å². The summed E-state index contributed by atoms with van der Waals surface area (Å²) in [6, 6.07) is 49.7. The molecule has 10 aromatic rings. The van der Waals surface area contributed by atoms with Crippen molar-refractivity contribution in [3.8, 4) is 56.4 Å². The Kier molecular flexibility index (Phi) is 6.41. The Hall–Kier alpha value is -6.48. The zero-order valence-electron chi connectivity index (χ0n) is 27.8. The maximum Gasteiger partial charge on any atom is 0.207 e. The molecule has 0 fully saturated rings. The minimum atomic E-state index is -3.58. The number of fused-ring (bicyclic) bond motifs is 9. The third-order valence-corrected chi connectivity index (χ3v) is 13.1. The Morgan fingerprint density at radius 1 is 0.415 bits per heavy atom. The molecule has 0 saturated heterocycles. The minimum Gasteiger partial charge on any atom is -0.456 e. The second-order valence-electron chi connectivity index (χ2n) is 13.2. The van der Waals surface area contributed by atoms with Gasteiger partial charge in [0, 0.05) is 58.8 Å². The van der Waals surface area contributed by atoms with Gasteiger partial charge in [0.2, 0.25) is 9.84 Å². The average molecular weight is 720 g/mol. The molecule has 0 aliphatic carbocycles. The summed E-state index contributed by atoms with van der Waals surface area (Å²) in [5, 5.41) is 4.28. The van der Waals surface area contributed by atoms with Crippen molar-refractivity contribution in [3.05, 3.63) is 152 Å². The minimum absolute atomic E-state index is 0.355. The Morgan fingerprint density at radius 2 is 0.981 bits per heavy atom. The van der Waals surface area contributed by atoms with Gasteiger partial charge in [0.15, 0.2) is 17.5 Å². The molecular weight excluding hydrogens is 695 g/mol. The fourth-order valence-corrected chi connectivity index (χ4v) is 10.3. The molecule has 3 aromatic heterocycles. The molecule has 7 aromatic carbocycles. The third kappa shape index (κ3) is 4.69. The first kappa shape index (κ1) is 30.2. The van der Waals surface area contributed by atoms with Crippen molar-refractivity contribution in [2.24, 2.45) is 0 Å².